The van der Waals surface area contributed by atoms with Crippen molar-refractivity contribution in [2.45, 2.75) is 6.04 Å². The molecule has 3 heterocycles. The van der Waals surface area contributed by atoms with Gasteiger partial charge >= 0.3 is 0 Å². The van der Waals surface area contributed by atoms with Crippen LogP contribution in [0.3, 0.4) is 0 Å². The molecular weight excluding hydrogens is 298 g/mol. The summed E-state index contributed by atoms with van der Waals surface area (Å²) < 4.78 is 7.00. The van der Waals surface area contributed by atoms with Gasteiger partial charge in [-0.3, -0.25) is 9.48 Å². The van der Waals surface area contributed by atoms with Crippen molar-refractivity contribution in [1.82, 2.24) is 15.1 Å². The van der Waals surface area contributed by atoms with E-state index in [0.29, 0.717) is 12.3 Å². The summed E-state index contributed by atoms with van der Waals surface area (Å²) in [6.45, 7) is 0.476. The SMILES string of the molecule is O=C(C=Cc1ccco1)NCC(c1cccs1)n1cccn1. The molecular formula is C16H15N3O2S. The van der Waals surface area contributed by atoms with Gasteiger partial charge in [-0.2, -0.15) is 5.10 Å². The predicted molar refractivity (Wildman–Crippen MR) is 85.4 cm³/mol. The highest BCUT2D eigenvalue weighted by Crippen LogP contribution is 2.21. The summed E-state index contributed by atoms with van der Waals surface area (Å²) in [7, 11) is 0. The van der Waals surface area contributed by atoms with E-state index in [4.69, 9.17) is 4.42 Å². The minimum Gasteiger partial charge on any atom is -0.465 e. The van der Waals surface area contributed by atoms with Crippen LogP contribution in [0.1, 0.15) is 16.7 Å². The van der Waals surface area contributed by atoms with Crippen molar-refractivity contribution in [2.24, 2.45) is 0 Å². The molecule has 0 aliphatic carbocycles. The second kappa shape index (κ2) is 6.91. The Morgan fingerprint density at radius 1 is 1.41 bits per heavy atom. The van der Waals surface area contributed by atoms with E-state index in [1.54, 1.807) is 42.0 Å². The van der Waals surface area contributed by atoms with Gasteiger partial charge in [0, 0.05) is 29.9 Å². The lowest BCUT2D eigenvalue weighted by Gasteiger charge is -2.16. The summed E-state index contributed by atoms with van der Waals surface area (Å²) in [5, 5.41) is 9.19. The van der Waals surface area contributed by atoms with Crippen molar-refractivity contribution >= 4 is 23.3 Å². The average molecular weight is 313 g/mol. The monoisotopic (exact) mass is 313 g/mol. The van der Waals surface area contributed by atoms with Crippen molar-refractivity contribution in [3.63, 3.8) is 0 Å². The second-order valence-electron chi connectivity index (χ2n) is 4.61. The first-order valence-electron chi connectivity index (χ1n) is 6.85. The lowest BCUT2D eigenvalue weighted by Crippen LogP contribution is -2.30. The molecule has 0 fully saturated rings. The molecule has 0 saturated heterocycles. The van der Waals surface area contributed by atoms with Crippen LogP contribution >= 0.6 is 11.3 Å². The topological polar surface area (TPSA) is 60.1 Å². The Morgan fingerprint density at radius 2 is 2.36 bits per heavy atom. The molecule has 0 saturated carbocycles. The largest absolute Gasteiger partial charge is 0.465 e. The third-order valence-electron chi connectivity index (χ3n) is 3.13. The number of thiophene rings is 1. The number of hydrogen-bond acceptors (Lipinski definition) is 4. The molecule has 1 amide bonds. The van der Waals surface area contributed by atoms with E-state index in [9.17, 15) is 4.79 Å². The number of nitrogens with zero attached hydrogens (tertiary/aromatic N) is 2. The zero-order chi connectivity index (χ0) is 15.2. The highest BCUT2D eigenvalue weighted by Gasteiger charge is 2.15. The molecule has 1 N–H and O–H groups in total. The second-order valence-corrected chi connectivity index (χ2v) is 5.59. The number of hydrogen-bond donors (Lipinski definition) is 1. The maximum absolute atomic E-state index is 11.9. The first kappa shape index (κ1) is 14.3. The van der Waals surface area contributed by atoms with E-state index in [2.05, 4.69) is 10.4 Å². The van der Waals surface area contributed by atoms with E-state index in [1.165, 1.54) is 6.08 Å². The summed E-state index contributed by atoms with van der Waals surface area (Å²) in [5.41, 5.74) is 0. The minimum atomic E-state index is -0.162. The van der Waals surface area contributed by atoms with Crippen LogP contribution in [0.2, 0.25) is 0 Å². The first-order valence-corrected chi connectivity index (χ1v) is 7.73. The lowest BCUT2D eigenvalue weighted by molar-refractivity contribution is -0.116. The first-order chi connectivity index (χ1) is 10.8. The Kier molecular flexibility index (Phi) is 4.50. The van der Waals surface area contributed by atoms with Crippen molar-refractivity contribution in [2.75, 3.05) is 6.54 Å². The zero-order valence-electron chi connectivity index (χ0n) is 11.8. The van der Waals surface area contributed by atoms with Gasteiger partial charge in [0.25, 0.3) is 0 Å². The molecule has 5 nitrogen and oxygen atoms in total. The van der Waals surface area contributed by atoms with Crippen LogP contribution < -0.4 is 5.32 Å². The highest BCUT2D eigenvalue weighted by molar-refractivity contribution is 7.10. The fraction of sp³-hybridized carbons (Fsp3) is 0.125. The number of rotatable bonds is 6. The van der Waals surface area contributed by atoms with Crippen molar-refractivity contribution in [3.05, 3.63) is 71.1 Å². The van der Waals surface area contributed by atoms with Gasteiger partial charge in [0.1, 0.15) is 11.8 Å². The molecule has 0 aromatic carbocycles. The van der Waals surface area contributed by atoms with E-state index in [-0.39, 0.29) is 11.9 Å². The third kappa shape index (κ3) is 3.53. The van der Waals surface area contributed by atoms with Crippen LogP contribution in [-0.2, 0) is 4.79 Å². The van der Waals surface area contributed by atoms with Crippen LogP contribution in [0.4, 0.5) is 0 Å². The van der Waals surface area contributed by atoms with Crippen LogP contribution in [0.5, 0.6) is 0 Å². The van der Waals surface area contributed by atoms with Gasteiger partial charge in [0.15, 0.2) is 0 Å². The molecule has 0 aliphatic rings. The number of aromatic nitrogens is 2. The highest BCUT2D eigenvalue weighted by atomic mass is 32.1. The smallest absolute Gasteiger partial charge is 0.244 e. The molecule has 112 valence electrons. The fourth-order valence-corrected chi connectivity index (χ4v) is 2.89. The third-order valence-corrected chi connectivity index (χ3v) is 4.10. The molecule has 0 bridgehead atoms. The number of nitrogens with one attached hydrogen (secondary N) is 1. The quantitative estimate of drug-likeness (QED) is 0.712. The molecule has 1 unspecified atom stereocenters. The maximum atomic E-state index is 11.9. The molecule has 6 heteroatoms. The van der Waals surface area contributed by atoms with E-state index in [1.807, 2.05) is 34.5 Å². The number of amides is 1. The van der Waals surface area contributed by atoms with E-state index < -0.39 is 0 Å². The maximum Gasteiger partial charge on any atom is 0.244 e. The van der Waals surface area contributed by atoms with Gasteiger partial charge in [-0.15, -0.1) is 11.3 Å². The van der Waals surface area contributed by atoms with Crippen molar-refractivity contribution in [1.29, 1.82) is 0 Å². The number of carbonyl (C=O) groups excluding carboxylic acids is 1. The molecule has 3 rings (SSSR count). The Morgan fingerprint density at radius 3 is 3.05 bits per heavy atom. The predicted octanol–water partition coefficient (Wildman–Crippen LogP) is 2.96. The molecule has 22 heavy (non-hydrogen) atoms. The average Bonchev–Trinajstić information content (AvgIpc) is 3.27. The minimum absolute atomic E-state index is 0.00374. The normalized spacial score (nSPS) is 12.5. The summed E-state index contributed by atoms with van der Waals surface area (Å²) >= 11 is 1.65. The summed E-state index contributed by atoms with van der Waals surface area (Å²) in [4.78, 5) is 13.1. The van der Waals surface area contributed by atoms with Gasteiger partial charge in [0.05, 0.1) is 6.26 Å². The Balaban J connectivity index is 1.63. The molecule has 0 radical (unpaired) electrons. The van der Waals surface area contributed by atoms with Gasteiger partial charge in [-0.1, -0.05) is 6.07 Å². The van der Waals surface area contributed by atoms with Crippen LogP contribution in [0.25, 0.3) is 6.08 Å². The Hall–Kier alpha value is -2.60. The fourth-order valence-electron chi connectivity index (χ4n) is 2.07. The van der Waals surface area contributed by atoms with Crippen molar-refractivity contribution in [3.8, 4) is 0 Å². The van der Waals surface area contributed by atoms with Gasteiger partial charge < -0.3 is 9.73 Å². The lowest BCUT2D eigenvalue weighted by atomic mass is 10.2. The molecule has 3 aromatic rings. The number of carbonyl (C=O) groups is 1. The van der Waals surface area contributed by atoms with E-state index >= 15 is 0 Å². The molecule has 0 spiro atoms. The van der Waals surface area contributed by atoms with Gasteiger partial charge in [-0.05, 0) is 35.7 Å². The molecule has 1 atom stereocenters. The summed E-state index contributed by atoms with van der Waals surface area (Å²) in [6, 6.07) is 9.48. The van der Waals surface area contributed by atoms with Gasteiger partial charge in [0.2, 0.25) is 5.91 Å². The summed E-state index contributed by atoms with van der Waals surface area (Å²) in [6.07, 6.45) is 8.31. The van der Waals surface area contributed by atoms with Crippen LogP contribution in [-0.4, -0.2) is 22.2 Å². The zero-order valence-corrected chi connectivity index (χ0v) is 12.6. The Labute approximate surface area is 131 Å². The van der Waals surface area contributed by atoms with Crippen LogP contribution in [0.15, 0.2) is 64.9 Å². The number of furan rings is 1. The Bertz CT molecular complexity index is 681. The van der Waals surface area contributed by atoms with Crippen molar-refractivity contribution < 1.29 is 9.21 Å². The van der Waals surface area contributed by atoms with Gasteiger partial charge in [-0.25, -0.2) is 0 Å². The molecule has 0 aliphatic heterocycles. The standard InChI is InChI=1S/C16H15N3O2S/c20-16(7-6-13-4-1-10-21-13)17-12-14(15-5-2-11-22-15)19-9-3-8-18-19/h1-11,14H,12H2,(H,17,20). The summed E-state index contributed by atoms with van der Waals surface area (Å²) in [5.74, 6) is 0.488. The van der Waals surface area contributed by atoms with Crippen LogP contribution in [0, 0.1) is 0 Å². The molecule has 3 aromatic heterocycles. The van der Waals surface area contributed by atoms with E-state index in [0.717, 1.165) is 4.88 Å².